The normalized spacial score (nSPS) is 17.2. The largest absolute Gasteiger partial charge is 0.310 e. The van der Waals surface area contributed by atoms with Crippen LogP contribution >= 0.6 is 12.2 Å². The first kappa shape index (κ1) is 17.3. The summed E-state index contributed by atoms with van der Waals surface area (Å²) < 4.78 is 42.2. The number of benzene rings is 1. The van der Waals surface area contributed by atoms with Crippen molar-refractivity contribution >= 4 is 22.2 Å². The lowest BCUT2D eigenvalue weighted by Gasteiger charge is -2.33. The van der Waals surface area contributed by atoms with Crippen LogP contribution in [0.2, 0.25) is 0 Å². The fourth-order valence-corrected chi connectivity index (χ4v) is 3.87. The maximum absolute atomic E-state index is 13.4. The molecule has 3 rings (SSSR count). The Kier molecular flexibility index (Phi) is 4.86. The van der Waals surface area contributed by atoms with Crippen molar-refractivity contribution < 1.29 is 12.8 Å². The van der Waals surface area contributed by atoms with E-state index in [1.807, 2.05) is 17.0 Å². The van der Waals surface area contributed by atoms with E-state index in [4.69, 9.17) is 12.2 Å². The molecule has 24 heavy (non-hydrogen) atoms. The molecule has 0 N–H and O–H groups in total. The predicted octanol–water partition coefficient (Wildman–Crippen LogP) is 1.68. The highest BCUT2D eigenvalue weighted by atomic mass is 32.2. The number of aromatic nitrogens is 2. The van der Waals surface area contributed by atoms with E-state index in [0.29, 0.717) is 43.3 Å². The van der Waals surface area contributed by atoms with E-state index in [0.717, 1.165) is 0 Å². The van der Waals surface area contributed by atoms with Gasteiger partial charge in [-0.05, 0) is 30.4 Å². The molecule has 0 radical (unpaired) electrons. The number of hydrogen-bond acceptors (Lipinski definition) is 4. The number of imidazole rings is 1. The Morgan fingerprint density at radius 1 is 1.17 bits per heavy atom. The van der Waals surface area contributed by atoms with Crippen molar-refractivity contribution in [3.63, 3.8) is 0 Å². The molecule has 0 aliphatic carbocycles. The molecular weight excluding hydrogens is 351 g/mol. The average molecular weight is 370 g/mol. The van der Waals surface area contributed by atoms with Crippen molar-refractivity contribution in [2.24, 2.45) is 0 Å². The standard InChI is InChI=1S/C15H19FN4O2S2/c1-24(21,22)19-8-5-17(6-9-19)12-18-7-10-20(15(18)23)14-4-2-3-13(16)11-14/h2-4,7,10-11H,5-6,8-9,12H2,1H3. The van der Waals surface area contributed by atoms with Crippen LogP contribution in [-0.4, -0.2) is 59.2 Å². The highest BCUT2D eigenvalue weighted by Crippen LogP contribution is 2.13. The Morgan fingerprint density at radius 3 is 2.50 bits per heavy atom. The molecule has 2 aromatic rings. The fraction of sp³-hybridized carbons (Fsp3) is 0.400. The molecule has 9 heteroatoms. The van der Waals surface area contributed by atoms with E-state index < -0.39 is 10.0 Å². The van der Waals surface area contributed by atoms with E-state index in [9.17, 15) is 12.8 Å². The molecule has 0 unspecified atom stereocenters. The second-order valence-electron chi connectivity index (χ2n) is 5.82. The second kappa shape index (κ2) is 6.75. The van der Waals surface area contributed by atoms with E-state index in [-0.39, 0.29) is 5.82 Å². The van der Waals surface area contributed by atoms with Gasteiger partial charge in [0.2, 0.25) is 10.0 Å². The zero-order valence-corrected chi connectivity index (χ0v) is 14.9. The van der Waals surface area contributed by atoms with Gasteiger partial charge in [-0.2, -0.15) is 4.31 Å². The van der Waals surface area contributed by atoms with E-state index in [2.05, 4.69) is 4.90 Å². The summed E-state index contributed by atoms with van der Waals surface area (Å²) in [6.45, 7) is 2.85. The molecule has 130 valence electrons. The third-order valence-electron chi connectivity index (χ3n) is 4.09. The Morgan fingerprint density at radius 2 is 1.88 bits per heavy atom. The zero-order valence-electron chi connectivity index (χ0n) is 13.3. The van der Waals surface area contributed by atoms with Crippen LogP contribution in [0.15, 0.2) is 36.7 Å². The molecule has 2 heterocycles. The Bertz CT molecular complexity index is 883. The van der Waals surface area contributed by atoms with Gasteiger partial charge in [0, 0.05) is 38.6 Å². The van der Waals surface area contributed by atoms with Crippen molar-refractivity contribution in [2.45, 2.75) is 6.67 Å². The molecule has 1 saturated heterocycles. The van der Waals surface area contributed by atoms with Crippen LogP contribution < -0.4 is 0 Å². The first-order valence-corrected chi connectivity index (χ1v) is 9.81. The summed E-state index contributed by atoms with van der Waals surface area (Å²) in [4.78, 5) is 2.15. The first-order chi connectivity index (χ1) is 11.3. The molecule has 1 aliphatic heterocycles. The van der Waals surface area contributed by atoms with Gasteiger partial charge in [-0.25, -0.2) is 12.8 Å². The van der Waals surface area contributed by atoms with Gasteiger partial charge < -0.3 is 4.57 Å². The summed E-state index contributed by atoms with van der Waals surface area (Å²) in [5, 5.41) is 0. The molecule has 1 aliphatic rings. The number of sulfonamides is 1. The lowest BCUT2D eigenvalue weighted by atomic mass is 10.3. The molecule has 1 aromatic heterocycles. The summed E-state index contributed by atoms with van der Waals surface area (Å²) >= 11 is 5.47. The quantitative estimate of drug-likeness (QED) is 0.769. The Hall–Kier alpha value is -1.55. The third-order valence-corrected chi connectivity index (χ3v) is 5.82. The average Bonchev–Trinajstić information content (AvgIpc) is 2.88. The van der Waals surface area contributed by atoms with Crippen LogP contribution in [0.4, 0.5) is 4.39 Å². The summed E-state index contributed by atoms with van der Waals surface area (Å²) in [5.41, 5.74) is 0.681. The minimum absolute atomic E-state index is 0.306. The fourth-order valence-electron chi connectivity index (χ4n) is 2.76. The van der Waals surface area contributed by atoms with Crippen LogP contribution in [0, 0.1) is 10.6 Å². The molecular formula is C15H19FN4O2S2. The monoisotopic (exact) mass is 370 g/mol. The van der Waals surface area contributed by atoms with Crippen LogP contribution in [0.1, 0.15) is 0 Å². The molecule has 6 nitrogen and oxygen atoms in total. The van der Waals surface area contributed by atoms with Gasteiger partial charge in [0.1, 0.15) is 5.82 Å². The summed E-state index contributed by atoms with van der Waals surface area (Å²) in [7, 11) is -3.13. The van der Waals surface area contributed by atoms with Crippen molar-refractivity contribution in [1.29, 1.82) is 0 Å². The number of nitrogens with zero attached hydrogens (tertiary/aromatic N) is 4. The predicted molar refractivity (Wildman–Crippen MR) is 92.5 cm³/mol. The van der Waals surface area contributed by atoms with Gasteiger partial charge in [0.15, 0.2) is 4.77 Å². The molecule has 1 fully saturated rings. The van der Waals surface area contributed by atoms with Gasteiger partial charge in [-0.15, -0.1) is 0 Å². The highest BCUT2D eigenvalue weighted by Gasteiger charge is 2.23. The van der Waals surface area contributed by atoms with Crippen LogP contribution in [0.25, 0.3) is 5.69 Å². The van der Waals surface area contributed by atoms with Crippen LogP contribution in [0.3, 0.4) is 0 Å². The second-order valence-corrected chi connectivity index (χ2v) is 8.17. The first-order valence-electron chi connectivity index (χ1n) is 7.56. The van der Waals surface area contributed by atoms with Gasteiger partial charge in [-0.1, -0.05) is 6.07 Å². The van der Waals surface area contributed by atoms with E-state index >= 15 is 0 Å². The summed E-state index contributed by atoms with van der Waals surface area (Å²) in [6.07, 6.45) is 4.90. The third kappa shape index (κ3) is 3.75. The summed E-state index contributed by atoms with van der Waals surface area (Å²) in [5.74, 6) is -0.306. The van der Waals surface area contributed by atoms with E-state index in [1.165, 1.54) is 22.7 Å². The van der Waals surface area contributed by atoms with Crippen molar-refractivity contribution in [3.8, 4) is 5.69 Å². The topological polar surface area (TPSA) is 50.5 Å². The minimum Gasteiger partial charge on any atom is -0.310 e. The Balaban J connectivity index is 1.71. The minimum atomic E-state index is -3.13. The highest BCUT2D eigenvalue weighted by molar-refractivity contribution is 7.88. The molecule has 0 spiro atoms. The zero-order chi connectivity index (χ0) is 17.3. The van der Waals surface area contributed by atoms with Crippen LogP contribution in [0.5, 0.6) is 0 Å². The molecule has 0 saturated carbocycles. The molecule has 0 bridgehead atoms. The van der Waals surface area contributed by atoms with Gasteiger partial charge in [-0.3, -0.25) is 9.47 Å². The van der Waals surface area contributed by atoms with Gasteiger partial charge in [0.25, 0.3) is 0 Å². The van der Waals surface area contributed by atoms with Crippen molar-refractivity contribution in [1.82, 2.24) is 18.3 Å². The summed E-state index contributed by atoms with van der Waals surface area (Å²) in [6, 6.07) is 6.28. The number of rotatable bonds is 4. The molecule has 0 atom stereocenters. The molecule has 1 aromatic carbocycles. The van der Waals surface area contributed by atoms with E-state index in [1.54, 1.807) is 16.7 Å². The van der Waals surface area contributed by atoms with Crippen LogP contribution in [-0.2, 0) is 16.7 Å². The maximum atomic E-state index is 13.4. The lowest BCUT2D eigenvalue weighted by molar-refractivity contribution is 0.152. The number of halogens is 1. The Labute approximate surface area is 145 Å². The SMILES string of the molecule is CS(=O)(=O)N1CCN(Cn2ccn(-c3cccc(F)c3)c2=S)CC1. The molecule has 0 amide bonds. The maximum Gasteiger partial charge on any atom is 0.211 e. The van der Waals surface area contributed by atoms with Gasteiger partial charge >= 0.3 is 0 Å². The smallest absolute Gasteiger partial charge is 0.211 e. The number of hydrogen-bond donors (Lipinski definition) is 0. The van der Waals surface area contributed by atoms with Gasteiger partial charge in [0.05, 0.1) is 18.6 Å². The lowest BCUT2D eigenvalue weighted by Crippen LogP contribution is -2.48. The van der Waals surface area contributed by atoms with Crippen molar-refractivity contribution in [2.75, 3.05) is 32.4 Å². The number of piperazine rings is 1. The van der Waals surface area contributed by atoms with Crippen molar-refractivity contribution in [3.05, 3.63) is 47.2 Å².